The Labute approximate surface area is 105 Å². The summed E-state index contributed by atoms with van der Waals surface area (Å²) in [5.41, 5.74) is 0. The van der Waals surface area contributed by atoms with Crippen molar-refractivity contribution in [3.8, 4) is 0 Å². The van der Waals surface area contributed by atoms with Crippen LogP contribution in [0.3, 0.4) is 0 Å². The molecular formula is C10H23IN2Si. The summed E-state index contributed by atoms with van der Waals surface area (Å²) in [4.78, 5) is 0. The van der Waals surface area contributed by atoms with Crippen molar-refractivity contribution in [3.05, 3.63) is 0 Å². The van der Waals surface area contributed by atoms with Crippen LogP contribution in [0.15, 0.2) is 0 Å². The molecule has 2 nitrogen and oxygen atoms in total. The number of rotatable bonds is 7. The van der Waals surface area contributed by atoms with Gasteiger partial charge in [-0.3, -0.25) is 9.13 Å². The van der Waals surface area contributed by atoms with Crippen molar-refractivity contribution < 1.29 is 0 Å². The van der Waals surface area contributed by atoms with E-state index in [0.29, 0.717) is 0 Å². The Hall–Kier alpha value is 0.867. The molecule has 0 aromatic carbocycles. The molecular weight excluding hydrogens is 303 g/mol. The van der Waals surface area contributed by atoms with Crippen molar-refractivity contribution >= 4 is 32.4 Å². The first-order valence-electron chi connectivity index (χ1n) is 5.91. The van der Waals surface area contributed by atoms with Gasteiger partial charge in [-0.25, -0.2) is 0 Å². The van der Waals surface area contributed by atoms with Crippen LogP contribution in [0.25, 0.3) is 0 Å². The summed E-state index contributed by atoms with van der Waals surface area (Å²) in [5, 5.41) is 0. The first kappa shape index (κ1) is 12.9. The maximum absolute atomic E-state index is 2.71. The van der Waals surface area contributed by atoms with Gasteiger partial charge in [0, 0.05) is 0 Å². The summed E-state index contributed by atoms with van der Waals surface area (Å²) in [6.45, 7) is 7.27. The summed E-state index contributed by atoms with van der Waals surface area (Å²) in [6.07, 6.45) is 6.88. The van der Waals surface area contributed by atoms with Crippen molar-refractivity contribution in [3.63, 3.8) is 0 Å². The molecule has 0 aromatic rings. The molecule has 4 heteroatoms. The van der Waals surface area contributed by atoms with Crippen molar-refractivity contribution in [2.45, 2.75) is 50.1 Å². The molecule has 1 heterocycles. The molecule has 1 aliphatic heterocycles. The summed E-state index contributed by atoms with van der Waals surface area (Å²) < 4.78 is 6.16. The Balaban J connectivity index is 2.04. The number of nitrogens with zero attached hydrogens (tertiary/aromatic N) is 2. The van der Waals surface area contributed by atoms with E-state index in [1.165, 1.54) is 45.2 Å². The Kier molecular flexibility index (Phi) is 6.64. The van der Waals surface area contributed by atoms with E-state index in [-0.39, 0.29) is 9.84 Å². The average molecular weight is 326 g/mol. The zero-order valence-corrected chi connectivity index (χ0v) is 13.1. The molecule has 1 atom stereocenters. The summed E-state index contributed by atoms with van der Waals surface area (Å²) in [7, 11) is -0.00366. The molecule has 1 aliphatic rings. The summed E-state index contributed by atoms with van der Waals surface area (Å²) >= 11 is 2.60. The van der Waals surface area contributed by atoms with Crippen LogP contribution in [-0.4, -0.2) is 36.2 Å². The molecule has 84 valence electrons. The third-order valence-corrected chi connectivity index (χ3v) is 7.93. The van der Waals surface area contributed by atoms with Crippen LogP contribution in [-0.2, 0) is 0 Å². The van der Waals surface area contributed by atoms with Crippen LogP contribution >= 0.6 is 22.6 Å². The third kappa shape index (κ3) is 3.79. The Morgan fingerprint density at radius 1 is 1.00 bits per heavy atom. The fourth-order valence-electron chi connectivity index (χ4n) is 1.78. The van der Waals surface area contributed by atoms with Crippen molar-refractivity contribution in [1.82, 2.24) is 9.13 Å². The lowest BCUT2D eigenvalue weighted by Crippen LogP contribution is -2.63. The van der Waals surface area contributed by atoms with Gasteiger partial charge in [0.15, 0.2) is 9.84 Å². The number of hydrogen-bond donors (Lipinski definition) is 0. The lowest BCUT2D eigenvalue weighted by molar-refractivity contribution is 0.179. The molecule has 1 rings (SSSR count). The number of halogens is 1. The first-order valence-corrected chi connectivity index (χ1v) is 8.42. The summed E-state index contributed by atoms with van der Waals surface area (Å²) in [5.74, 6) is 0. The summed E-state index contributed by atoms with van der Waals surface area (Å²) in [6, 6.07) is 0. The highest BCUT2D eigenvalue weighted by molar-refractivity contribution is 14.1. The van der Waals surface area contributed by atoms with Crippen molar-refractivity contribution in [1.29, 1.82) is 0 Å². The van der Waals surface area contributed by atoms with Gasteiger partial charge in [-0.15, -0.1) is 0 Å². The van der Waals surface area contributed by atoms with Crippen LogP contribution in [0.2, 0.25) is 0 Å². The smallest absolute Gasteiger partial charge is 0.176 e. The Morgan fingerprint density at radius 3 is 2.07 bits per heavy atom. The SMILES string of the molecule is CCCCCN1[SiH2]N(CCCC)C1I. The van der Waals surface area contributed by atoms with E-state index in [9.17, 15) is 0 Å². The van der Waals surface area contributed by atoms with Gasteiger partial charge in [-0.1, -0.05) is 33.1 Å². The maximum atomic E-state index is 2.71. The highest BCUT2D eigenvalue weighted by atomic mass is 127. The van der Waals surface area contributed by atoms with E-state index in [4.69, 9.17) is 0 Å². The fraction of sp³-hybridized carbons (Fsp3) is 1.00. The number of alkyl halides is 1. The van der Waals surface area contributed by atoms with E-state index >= 15 is 0 Å². The van der Waals surface area contributed by atoms with Crippen molar-refractivity contribution in [2.75, 3.05) is 13.1 Å². The molecule has 0 spiro atoms. The molecule has 0 aliphatic carbocycles. The largest absolute Gasteiger partial charge is 0.293 e. The molecule has 0 radical (unpaired) electrons. The minimum absolute atomic E-state index is 0.00366. The van der Waals surface area contributed by atoms with Crippen LogP contribution < -0.4 is 0 Å². The topological polar surface area (TPSA) is 6.48 Å². The molecule has 0 bridgehead atoms. The minimum atomic E-state index is -0.00366. The van der Waals surface area contributed by atoms with E-state index in [2.05, 4.69) is 45.6 Å². The molecule has 14 heavy (non-hydrogen) atoms. The molecule has 0 aromatic heterocycles. The van der Waals surface area contributed by atoms with Gasteiger partial charge >= 0.3 is 0 Å². The zero-order chi connectivity index (χ0) is 10.4. The van der Waals surface area contributed by atoms with Crippen molar-refractivity contribution in [2.24, 2.45) is 0 Å². The van der Waals surface area contributed by atoms with E-state index < -0.39 is 0 Å². The molecule has 1 fully saturated rings. The lowest BCUT2D eigenvalue weighted by Gasteiger charge is -2.48. The fourth-order valence-corrected chi connectivity index (χ4v) is 5.02. The third-order valence-electron chi connectivity index (χ3n) is 2.81. The van der Waals surface area contributed by atoms with Crippen LogP contribution in [0.4, 0.5) is 0 Å². The second kappa shape index (κ2) is 7.19. The molecule has 0 saturated carbocycles. The second-order valence-corrected chi connectivity index (χ2v) is 7.16. The minimum Gasteiger partial charge on any atom is -0.293 e. The predicted molar refractivity (Wildman–Crippen MR) is 74.2 cm³/mol. The van der Waals surface area contributed by atoms with Crippen LogP contribution in [0, 0.1) is 0 Å². The Bertz CT molecular complexity index is 157. The van der Waals surface area contributed by atoms with Gasteiger partial charge < -0.3 is 0 Å². The standard InChI is InChI=1S/C10H23IN2Si/c1-3-5-7-9-13-10(11)12(14-13)8-6-4-2/h10H,3-9,14H2,1-2H3. The normalized spacial score (nSPS) is 25.5. The highest BCUT2D eigenvalue weighted by Crippen LogP contribution is 2.23. The zero-order valence-electron chi connectivity index (χ0n) is 9.51. The van der Waals surface area contributed by atoms with Gasteiger partial charge in [-0.05, 0) is 48.5 Å². The van der Waals surface area contributed by atoms with E-state index in [1.807, 2.05) is 0 Å². The number of unbranched alkanes of at least 4 members (excludes halogenated alkanes) is 3. The molecule has 1 unspecified atom stereocenters. The molecule has 1 saturated heterocycles. The monoisotopic (exact) mass is 326 g/mol. The van der Waals surface area contributed by atoms with E-state index in [0.717, 1.165) is 4.17 Å². The second-order valence-electron chi connectivity index (χ2n) is 4.14. The van der Waals surface area contributed by atoms with Gasteiger partial charge in [0.05, 0.1) is 0 Å². The van der Waals surface area contributed by atoms with E-state index in [1.54, 1.807) is 0 Å². The van der Waals surface area contributed by atoms with Gasteiger partial charge in [0.2, 0.25) is 0 Å². The molecule has 0 N–H and O–H groups in total. The van der Waals surface area contributed by atoms with Crippen LogP contribution in [0.5, 0.6) is 0 Å². The van der Waals surface area contributed by atoms with Gasteiger partial charge in [-0.2, -0.15) is 0 Å². The van der Waals surface area contributed by atoms with Crippen LogP contribution in [0.1, 0.15) is 46.0 Å². The first-order chi connectivity index (χ1) is 6.79. The lowest BCUT2D eigenvalue weighted by atomic mass is 10.2. The quantitative estimate of drug-likeness (QED) is 0.233. The average Bonchev–Trinajstić information content (AvgIpc) is 2.20. The van der Waals surface area contributed by atoms with Gasteiger partial charge in [0.25, 0.3) is 0 Å². The number of hydrogen-bond acceptors (Lipinski definition) is 2. The predicted octanol–water partition coefficient (Wildman–Crippen LogP) is 2.31. The molecule has 0 amide bonds. The Morgan fingerprint density at radius 2 is 1.57 bits per heavy atom. The van der Waals surface area contributed by atoms with Gasteiger partial charge in [0.1, 0.15) is 4.17 Å². The highest BCUT2D eigenvalue weighted by Gasteiger charge is 2.32. The maximum Gasteiger partial charge on any atom is 0.176 e.